The lowest BCUT2D eigenvalue weighted by Gasteiger charge is -2.10. The smallest absolute Gasteiger partial charge is 0.134 e. The zero-order chi connectivity index (χ0) is 11.7. The summed E-state index contributed by atoms with van der Waals surface area (Å²) in [5, 5.41) is 8.12. The normalized spacial score (nSPS) is 11.6. The van der Waals surface area contributed by atoms with E-state index in [1.807, 2.05) is 31.6 Å². The van der Waals surface area contributed by atoms with E-state index in [1.54, 1.807) is 6.07 Å². The number of hydrogen-bond donors (Lipinski definition) is 1. The first-order chi connectivity index (χ1) is 7.65. The molecule has 0 amide bonds. The summed E-state index contributed by atoms with van der Waals surface area (Å²) in [6.07, 6.45) is 0. The zero-order valence-electron chi connectivity index (χ0n) is 9.79. The first-order valence-corrected chi connectivity index (χ1v) is 5.45. The average molecular weight is 221 g/mol. The highest BCUT2D eigenvalue weighted by Gasteiger charge is 2.15. The Balaban J connectivity index is 2.72. The van der Waals surface area contributed by atoms with Gasteiger partial charge in [0.25, 0.3) is 0 Å². The lowest BCUT2D eigenvalue weighted by atomic mass is 10.2. The molecule has 16 heavy (non-hydrogen) atoms. The van der Waals surface area contributed by atoms with Gasteiger partial charge in [0.15, 0.2) is 0 Å². The molecule has 0 aliphatic heterocycles. The molecule has 86 valence electrons. The van der Waals surface area contributed by atoms with Crippen molar-refractivity contribution in [2.24, 2.45) is 0 Å². The quantitative estimate of drug-likeness (QED) is 0.863. The summed E-state index contributed by atoms with van der Waals surface area (Å²) in [6, 6.07) is 5.25. The molecule has 0 unspecified atom stereocenters. The van der Waals surface area contributed by atoms with E-state index in [1.165, 1.54) is 6.07 Å². The van der Waals surface area contributed by atoms with Gasteiger partial charge in [-0.25, -0.2) is 4.39 Å². The van der Waals surface area contributed by atoms with E-state index in [0.29, 0.717) is 11.9 Å². The Morgan fingerprint density at radius 2 is 2.19 bits per heavy atom. The third-order valence-electron chi connectivity index (χ3n) is 2.61. The van der Waals surface area contributed by atoms with Gasteiger partial charge in [-0.05, 0) is 33.0 Å². The van der Waals surface area contributed by atoms with Crippen LogP contribution in [-0.2, 0) is 6.54 Å². The first kappa shape index (κ1) is 11.1. The standard InChI is InChI=1S/C12H16FN3/c1-8(2)16-11(7-14-3)12-9(13)5-4-6-10(12)15-16/h4-6,8,14H,7H2,1-3H3. The van der Waals surface area contributed by atoms with E-state index in [4.69, 9.17) is 0 Å². The van der Waals surface area contributed by atoms with Gasteiger partial charge in [0, 0.05) is 12.6 Å². The third-order valence-corrected chi connectivity index (χ3v) is 2.61. The third kappa shape index (κ3) is 1.69. The van der Waals surface area contributed by atoms with Crippen LogP contribution < -0.4 is 5.32 Å². The van der Waals surface area contributed by atoms with Gasteiger partial charge in [-0.2, -0.15) is 5.10 Å². The Kier molecular flexibility index (Phi) is 2.92. The maximum atomic E-state index is 13.8. The highest BCUT2D eigenvalue weighted by Crippen LogP contribution is 2.24. The summed E-state index contributed by atoms with van der Waals surface area (Å²) in [7, 11) is 1.85. The Labute approximate surface area is 94.3 Å². The number of nitrogens with zero attached hydrogens (tertiary/aromatic N) is 2. The van der Waals surface area contributed by atoms with Crippen molar-refractivity contribution >= 4 is 10.9 Å². The van der Waals surface area contributed by atoms with Crippen LogP contribution in [0.3, 0.4) is 0 Å². The van der Waals surface area contributed by atoms with Crippen molar-refractivity contribution < 1.29 is 4.39 Å². The van der Waals surface area contributed by atoms with Crippen LogP contribution in [0.25, 0.3) is 10.9 Å². The van der Waals surface area contributed by atoms with Crippen LogP contribution in [-0.4, -0.2) is 16.8 Å². The van der Waals surface area contributed by atoms with Gasteiger partial charge >= 0.3 is 0 Å². The average Bonchev–Trinajstić information content (AvgIpc) is 2.59. The summed E-state index contributed by atoms with van der Waals surface area (Å²) >= 11 is 0. The lowest BCUT2D eigenvalue weighted by molar-refractivity contribution is 0.506. The summed E-state index contributed by atoms with van der Waals surface area (Å²) in [4.78, 5) is 0. The van der Waals surface area contributed by atoms with Crippen molar-refractivity contribution in [2.75, 3.05) is 7.05 Å². The highest BCUT2D eigenvalue weighted by atomic mass is 19.1. The van der Waals surface area contributed by atoms with Gasteiger partial charge in [-0.3, -0.25) is 4.68 Å². The van der Waals surface area contributed by atoms with Gasteiger partial charge in [-0.15, -0.1) is 0 Å². The second-order valence-electron chi connectivity index (χ2n) is 4.15. The molecule has 2 rings (SSSR count). The SMILES string of the molecule is CNCc1c2c(F)cccc2nn1C(C)C. The number of benzene rings is 1. The number of rotatable bonds is 3. The minimum absolute atomic E-state index is 0.199. The Bertz CT molecular complexity index is 502. The van der Waals surface area contributed by atoms with Gasteiger partial charge in [-0.1, -0.05) is 6.07 Å². The van der Waals surface area contributed by atoms with Crippen molar-refractivity contribution in [2.45, 2.75) is 26.4 Å². The van der Waals surface area contributed by atoms with Gasteiger partial charge in [0.2, 0.25) is 0 Å². The predicted octanol–water partition coefficient (Wildman–Crippen LogP) is 2.48. The molecule has 1 aromatic carbocycles. The van der Waals surface area contributed by atoms with Crippen LogP contribution in [0.2, 0.25) is 0 Å². The number of fused-ring (bicyclic) bond motifs is 1. The fraction of sp³-hybridized carbons (Fsp3) is 0.417. The monoisotopic (exact) mass is 221 g/mol. The molecule has 0 saturated carbocycles. The molecule has 1 N–H and O–H groups in total. The number of nitrogens with one attached hydrogen (secondary N) is 1. The van der Waals surface area contributed by atoms with Crippen LogP contribution >= 0.6 is 0 Å². The van der Waals surface area contributed by atoms with E-state index in [9.17, 15) is 4.39 Å². The molecule has 0 saturated heterocycles. The minimum atomic E-state index is -0.199. The second-order valence-corrected chi connectivity index (χ2v) is 4.15. The fourth-order valence-electron chi connectivity index (χ4n) is 1.94. The molecule has 1 aromatic heterocycles. The maximum absolute atomic E-state index is 13.8. The minimum Gasteiger partial charge on any atom is -0.314 e. The summed E-state index contributed by atoms with van der Waals surface area (Å²) in [6.45, 7) is 4.71. The van der Waals surface area contributed by atoms with Crippen molar-refractivity contribution in [1.29, 1.82) is 0 Å². The Morgan fingerprint density at radius 1 is 1.44 bits per heavy atom. The van der Waals surface area contributed by atoms with E-state index in [2.05, 4.69) is 10.4 Å². The molecule has 0 spiro atoms. The van der Waals surface area contributed by atoms with Crippen molar-refractivity contribution in [1.82, 2.24) is 15.1 Å². The summed E-state index contributed by atoms with van der Waals surface area (Å²) in [5.41, 5.74) is 1.63. The van der Waals surface area contributed by atoms with Crippen molar-refractivity contribution in [3.05, 3.63) is 29.7 Å². The summed E-state index contributed by atoms with van der Waals surface area (Å²) in [5.74, 6) is -0.199. The first-order valence-electron chi connectivity index (χ1n) is 5.45. The molecule has 2 aromatic rings. The molecular formula is C12H16FN3. The van der Waals surface area contributed by atoms with Gasteiger partial charge in [0.05, 0.1) is 16.6 Å². The second kappa shape index (κ2) is 4.22. The molecule has 4 heteroatoms. The van der Waals surface area contributed by atoms with Crippen molar-refractivity contribution in [3.63, 3.8) is 0 Å². The van der Waals surface area contributed by atoms with Crippen LogP contribution in [0, 0.1) is 5.82 Å². The molecule has 1 heterocycles. The molecular weight excluding hydrogens is 205 g/mol. The van der Waals surface area contributed by atoms with Crippen LogP contribution in [0.4, 0.5) is 4.39 Å². The summed E-state index contributed by atoms with van der Waals surface area (Å²) < 4.78 is 15.6. The van der Waals surface area contributed by atoms with Crippen LogP contribution in [0.5, 0.6) is 0 Å². The molecule has 0 bridgehead atoms. The molecule has 0 aliphatic rings. The molecule has 0 aliphatic carbocycles. The molecule has 0 atom stereocenters. The highest BCUT2D eigenvalue weighted by molar-refractivity contribution is 5.82. The van der Waals surface area contributed by atoms with E-state index < -0.39 is 0 Å². The Morgan fingerprint density at radius 3 is 2.81 bits per heavy atom. The van der Waals surface area contributed by atoms with Crippen molar-refractivity contribution in [3.8, 4) is 0 Å². The van der Waals surface area contributed by atoms with E-state index in [0.717, 1.165) is 11.2 Å². The topological polar surface area (TPSA) is 29.9 Å². The molecule has 3 nitrogen and oxygen atoms in total. The largest absolute Gasteiger partial charge is 0.314 e. The molecule has 0 fully saturated rings. The maximum Gasteiger partial charge on any atom is 0.134 e. The predicted molar refractivity (Wildman–Crippen MR) is 62.8 cm³/mol. The van der Waals surface area contributed by atoms with Gasteiger partial charge in [0.1, 0.15) is 5.82 Å². The Hall–Kier alpha value is -1.42. The van der Waals surface area contributed by atoms with E-state index in [-0.39, 0.29) is 11.9 Å². The molecule has 0 radical (unpaired) electrons. The van der Waals surface area contributed by atoms with Gasteiger partial charge < -0.3 is 5.32 Å². The number of halogens is 1. The number of aromatic nitrogens is 2. The fourth-order valence-corrected chi connectivity index (χ4v) is 1.94. The van der Waals surface area contributed by atoms with E-state index >= 15 is 0 Å². The number of hydrogen-bond acceptors (Lipinski definition) is 2. The van der Waals surface area contributed by atoms with Crippen LogP contribution in [0.1, 0.15) is 25.6 Å². The van der Waals surface area contributed by atoms with Crippen LogP contribution in [0.15, 0.2) is 18.2 Å². The zero-order valence-corrected chi connectivity index (χ0v) is 9.79. The lowest BCUT2D eigenvalue weighted by Crippen LogP contribution is -2.14.